The molecular formula is C21H33NO4. The van der Waals surface area contributed by atoms with Crippen LogP contribution >= 0.6 is 0 Å². The van der Waals surface area contributed by atoms with E-state index < -0.39 is 0 Å². The summed E-state index contributed by atoms with van der Waals surface area (Å²) >= 11 is 0. The minimum absolute atomic E-state index is 0.194. The van der Waals surface area contributed by atoms with Gasteiger partial charge in [0.2, 0.25) is 5.91 Å². The number of amides is 1. The summed E-state index contributed by atoms with van der Waals surface area (Å²) in [6, 6.07) is 6.20. The number of methoxy groups -OCH3 is 2. The molecule has 2 aliphatic rings. The van der Waals surface area contributed by atoms with Gasteiger partial charge in [-0.15, -0.1) is 0 Å². The Morgan fingerprint density at radius 2 is 1.88 bits per heavy atom. The number of rotatable bonds is 6. The van der Waals surface area contributed by atoms with E-state index in [1.165, 1.54) is 0 Å². The molecule has 1 aromatic rings. The maximum absolute atomic E-state index is 12.4. The third-order valence-corrected chi connectivity index (χ3v) is 5.82. The summed E-state index contributed by atoms with van der Waals surface area (Å²) in [6.45, 7) is 7.11. The largest absolute Gasteiger partial charge is 0.493 e. The maximum atomic E-state index is 12.4. The second-order valence-corrected chi connectivity index (χ2v) is 7.02. The quantitative estimate of drug-likeness (QED) is 0.844. The normalized spacial score (nSPS) is 27.0. The number of nitrogens with zero attached hydrogens (tertiary/aromatic N) is 1. The fourth-order valence-corrected chi connectivity index (χ4v) is 4.48. The van der Waals surface area contributed by atoms with Gasteiger partial charge in [-0.2, -0.15) is 0 Å². The highest BCUT2D eigenvalue weighted by atomic mass is 16.5. The van der Waals surface area contributed by atoms with Crippen LogP contribution in [0, 0.1) is 17.8 Å². The standard InChI is InChI=1S/C19H27NO4.C2H6/c1-12-8-16-14(15(12)11-21)10-19(22)20(16)7-6-13-4-5-17(23-2)18(9-13)24-3;1-2/h4-5,9,12,14-16,21H,6-8,10-11H2,1-3H3;1-2H3/t12-,14-,15+,16?;/m0./s1. The minimum atomic E-state index is 0.194. The van der Waals surface area contributed by atoms with Crippen molar-refractivity contribution in [1.29, 1.82) is 0 Å². The van der Waals surface area contributed by atoms with Crippen molar-refractivity contribution >= 4 is 5.91 Å². The summed E-state index contributed by atoms with van der Waals surface area (Å²) in [6.07, 6.45) is 2.40. The molecule has 1 unspecified atom stereocenters. The first-order chi connectivity index (χ1) is 12.6. The van der Waals surface area contributed by atoms with Gasteiger partial charge in [0.1, 0.15) is 0 Å². The molecule has 1 heterocycles. The number of benzene rings is 1. The fraction of sp³-hybridized carbons (Fsp3) is 0.667. The van der Waals surface area contributed by atoms with Gasteiger partial charge in [0.15, 0.2) is 11.5 Å². The molecule has 1 saturated heterocycles. The number of hydrogen-bond donors (Lipinski definition) is 1. The highest BCUT2D eigenvalue weighted by Gasteiger charge is 2.50. The topological polar surface area (TPSA) is 59.0 Å². The fourth-order valence-electron chi connectivity index (χ4n) is 4.48. The molecule has 1 aromatic carbocycles. The van der Waals surface area contributed by atoms with Crippen LogP contribution in [0.2, 0.25) is 0 Å². The van der Waals surface area contributed by atoms with E-state index in [-0.39, 0.29) is 18.4 Å². The number of aliphatic hydroxyl groups is 1. The molecule has 1 N–H and O–H groups in total. The molecule has 1 saturated carbocycles. The van der Waals surface area contributed by atoms with Gasteiger partial charge >= 0.3 is 0 Å². The second-order valence-electron chi connectivity index (χ2n) is 7.02. The number of aliphatic hydroxyl groups excluding tert-OH is 1. The van der Waals surface area contributed by atoms with Gasteiger partial charge in [-0.3, -0.25) is 4.79 Å². The minimum Gasteiger partial charge on any atom is -0.493 e. The third kappa shape index (κ3) is 3.98. The molecule has 4 atom stereocenters. The molecule has 1 amide bonds. The zero-order valence-electron chi connectivity index (χ0n) is 16.7. The lowest BCUT2D eigenvalue weighted by Crippen LogP contribution is -2.35. The lowest BCUT2D eigenvalue weighted by Gasteiger charge is -2.24. The zero-order chi connectivity index (χ0) is 19.3. The number of carbonyl (C=O) groups excluding carboxylic acids is 1. The molecule has 146 valence electrons. The Kier molecular flexibility index (Phi) is 7.33. The molecule has 3 rings (SSSR count). The van der Waals surface area contributed by atoms with Crippen LogP contribution in [0.4, 0.5) is 0 Å². The summed E-state index contributed by atoms with van der Waals surface area (Å²) in [5.74, 6) is 2.75. The van der Waals surface area contributed by atoms with Gasteiger partial charge < -0.3 is 19.5 Å². The van der Waals surface area contributed by atoms with Crippen LogP contribution in [0.15, 0.2) is 18.2 Å². The van der Waals surface area contributed by atoms with E-state index in [0.29, 0.717) is 30.0 Å². The first-order valence-corrected chi connectivity index (χ1v) is 9.70. The van der Waals surface area contributed by atoms with Crippen LogP contribution in [0.1, 0.15) is 39.2 Å². The zero-order valence-corrected chi connectivity index (χ0v) is 16.7. The smallest absolute Gasteiger partial charge is 0.223 e. The number of fused-ring (bicyclic) bond motifs is 1. The van der Waals surface area contributed by atoms with E-state index in [1.807, 2.05) is 36.9 Å². The molecule has 2 fully saturated rings. The van der Waals surface area contributed by atoms with Crippen LogP contribution < -0.4 is 9.47 Å². The summed E-state index contributed by atoms with van der Waals surface area (Å²) < 4.78 is 10.6. The lowest BCUT2D eigenvalue weighted by atomic mass is 9.89. The number of hydrogen-bond acceptors (Lipinski definition) is 4. The molecule has 1 aliphatic carbocycles. The summed E-state index contributed by atoms with van der Waals surface area (Å²) in [5, 5.41) is 9.62. The molecule has 5 nitrogen and oxygen atoms in total. The van der Waals surface area contributed by atoms with E-state index in [4.69, 9.17) is 9.47 Å². The van der Waals surface area contributed by atoms with E-state index in [1.54, 1.807) is 14.2 Å². The Bertz CT molecular complexity index is 604. The van der Waals surface area contributed by atoms with Gasteiger partial charge in [-0.25, -0.2) is 0 Å². The Morgan fingerprint density at radius 1 is 1.19 bits per heavy atom. The van der Waals surface area contributed by atoms with Crippen molar-refractivity contribution in [3.63, 3.8) is 0 Å². The van der Waals surface area contributed by atoms with Crippen molar-refractivity contribution in [2.45, 2.75) is 46.1 Å². The van der Waals surface area contributed by atoms with Crippen molar-refractivity contribution < 1.29 is 19.4 Å². The lowest BCUT2D eigenvalue weighted by molar-refractivity contribution is -0.129. The van der Waals surface area contributed by atoms with Crippen molar-refractivity contribution in [3.8, 4) is 11.5 Å². The van der Waals surface area contributed by atoms with Crippen molar-refractivity contribution in [2.75, 3.05) is 27.4 Å². The van der Waals surface area contributed by atoms with Crippen molar-refractivity contribution in [2.24, 2.45) is 17.8 Å². The second kappa shape index (κ2) is 9.26. The van der Waals surface area contributed by atoms with E-state index >= 15 is 0 Å². The maximum Gasteiger partial charge on any atom is 0.223 e. The van der Waals surface area contributed by atoms with Crippen LogP contribution in [-0.4, -0.2) is 49.3 Å². The molecule has 1 aliphatic heterocycles. The number of likely N-dealkylation sites (tertiary alicyclic amines) is 1. The summed E-state index contributed by atoms with van der Waals surface area (Å²) in [5.41, 5.74) is 1.13. The third-order valence-electron chi connectivity index (χ3n) is 5.82. The summed E-state index contributed by atoms with van der Waals surface area (Å²) in [4.78, 5) is 14.4. The van der Waals surface area contributed by atoms with Gasteiger partial charge in [-0.1, -0.05) is 26.8 Å². The van der Waals surface area contributed by atoms with Crippen LogP contribution in [0.5, 0.6) is 11.5 Å². The van der Waals surface area contributed by atoms with Crippen molar-refractivity contribution in [3.05, 3.63) is 23.8 Å². The van der Waals surface area contributed by atoms with Gasteiger partial charge in [0, 0.05) is 25.6 Å². The summed E-state index contributed by atoms with van der Waals surface area (Å²) in [7, 11) is 3.25. The average molecular weight is 363 g/mol. The molecule has 26 heavy (non-hydrogen) atoms. The van der Waals surface area contributed by atoms with Gasteiger partial charge in [0.25, 0.3) is 0 Å². The Balaban J connectivity index is 0.00000117. The van der Waals surface area contributed by atoms with Crippen molar-refractivity contribution in [1.82, 2.24) is 4.90 Å². The Morgan fingerprint density at radius 3 is 2.50 bits per heavy atom. The first kappa shape index (κ1) is 20.6. The molecule has 0 spiro atoms. The molecule has 0 aromatic heterocycles. The van der Waals surface area contributed by atoms with E-state index in [0.717, 1.165) is 30.7 Å². The van der Waals surface area contributed by atoms with Crippen LogP contribution in [0.3, 0.4) is 0 Å². The van der Waals surface area contributed by atoms with E-state index in [2.05, 4.69) is 6.92 Å². The van der Waals surface area contributed by atoms with Crippen LogP contribution in [-0.2, 0) is 11.2 Å². The molecule has 5 heteroatoms. The number of ether oxygens (including phenoxy) is 2. The predicted octanol–water partition coefficient (Wildman–Crippen LogP) is 3.14. The highest BCUT2D eigenvalue weighted by Crippen LogP contribution is 2.45. The predicted molar refractivity (Wildman–Crippen MR) is 103 cm³/mol. The highest BCUT2D eigenvalue weighted by molar-refractivity contribution is 5.79. The monoisotopic (exact) mass is 363 g/mol. The number of carbonyl (C=O) groups is 1. The van der Waals surface area contributed by atoms with Crippen LogP contribution in [0.25, 0.3) is 0 Å². The Hall–Kier alpha value is -1.75. The van der Waals surface area contributed by atoms with E-state index in [9.17, 15) is 9.90 Å². The van der Waals surface area contributed by atoms with Gasteiger partial charge in [-0.05, 0) is 48.3 Å². The Labute approximate surface area is 157 Å². The first-order valence-electron chi connectivity index (χ1n) is 9.70. The molecule has 0 bridgehead atoms. The van der Waals surface area contributed by atoms with Gasteiger partial charge in [0.05, 0.1) is 14.2 Å². The molecular weight excluding hydrogens is 330 g/mol. The average Bonchev–Trinajstić information content (AvgIpc) is 3.13. The molecule has 0 radical (unpaired) electrons. The SMILES string of the molecule is CC.COc1ccc(CCN2C(=O)C[C@@H]3C2C[C@H](C)[C@H]3CO)cc1OC.